The Morgan fingerprint density at radius 3 is 2.38 bits per heavy atom. The van der Waals surface area contributed by atoms with Crippen molar-refractivity contribution in [2.75, 3.05) is 0 Å². The highest BCUT2D eigenvalue weighted by molar-refractivity contribution is 5.65. The van der Waals surface area contributed by atoms with Gasteiger partial charge in [0.2, 0.25) is 0 Å². The van der Waals surface area contributed by atoms with Crippen LogP contribution in [-0.2, 0) is 6.61 Å². The fraction of sp³-hybridized carbons (Fsp3) is 0.0714. The Bertz CT molecular complexity index is 526. The molecule has 0 aliphatic rings. The quantitative estimate of drug-likeness (QED) is 0.826. The van der Waals surface area contributed by atoms with E-state index in [1.54, 1.807) is 6.07 Å². The number of benzene rings is 2. The maximum Gasteiger partial charge on any atom is 0.0995 e. The number of nitrogens with zero attached hydrogens (tertiary/aromatic N) is 1. The van der Waals surface area contributed by atoms with Crippen molar-refractivity contribution in [1.29, 1.82) is 5.26 Å². The third-order valence-electron chi connectivity index (χ3n) is 2.50. The summed E-state index contributed by atoms with van der Waals surface area (Å²) in [6.07, 6.45) is 0. The topological polar surface area (TPSA) is 44.0 Å². The number of rotatable bonds is 2. The van der Waals surface area contributed by atoms with E-state index in [2.05, 4.69) is 6.07 Å². The Labute approximate surface area is 94.4 Å². The van der Waals surface area contributed by atoms with Gasteiger partial charge in [-0.3, -0.25) is 0 Å². The zero-order valence-corrected chi connectivity index (χ0v) is 8.72. The molecule has 0 saturated heterocycles. The monoisotopic (exact) mass is 209 g/mol. The van der Waals surface area contributed by atoms with E-state index >= 15 is 0 Å². The largest absolute Gasteiger partial charge is 0.392 e. The van der Waals surface area contributed by atoms with Gasteiger partial charge in [-0.2, -0.15) is 5.26 Å². The second-order valence-electron chi connectivity index (χ2n) is 3.51. The number of nitriles is 1. The first-order valence-corrected chi connectivity index (χ1v) is 5.04. The Balaban J connectivity index is 2.49. The van der Waals surface area contributed by atoms with Gasteiger partial charge in [0.1, 0.15) is 0 Å². The van der Waals surface area contributed by atoms with E-state index in [-0.39, 0.29) is 6.61 Å². The summed E-state index contributed by atoms with van der Waals surface area (Å²) in [5.74, 6) is 0. The Hall–Kier alpha value is -2.11. The van der Waals surface area contributed by atoms with E-state index in [4.69, 9.17) is 10.4 Å². The van der Waals surface area contributed by atoms with Crippen LogP contribution in [0.4, 0.5) is 0 Å². The van der Waals surface area contributed by atoms with Crippen LogP contribution in [0.15, 0.2) is 48.5 Å². The second-order valence-corrected chi connectivity index (χ2v) is 3.51. The Morgan fingerprint density at radius 1 is 1.00 bits per heavy atom. The third kappa shape index (κ3) is 1.95. The smallest absolute Gasteiger partial charge is 0.0995 e. The summed E-state index contributed by atoms with van der Waals surface area (Å²) < 4.78 is 0. The molecule has 16 heavy (non-hydrogen) atoms. The molecule has 78 valence electrons. The van der Waals surface area contributed by atoms with E-state index in [0.717, 1.165) is 11.1 Å². The van der Waals surface area contributed by atoms with Crippen molar-refractivity contribution < 1.29 is 5.11 Å². The maximum atomic E-state index is 9.17. The minimum absolute atomic E-state index is 0.108. The van der Waals surface area contributed by atoms with E-state index in [1.807, 2.05) is 42.5 Å². The molecule has 0 bridgehead atoms. The standard InChI is InChI=1S/C14H11NO/c15-9-13-7-6-12(8-14(13)10-16)11-4-2-1-3-5-11/h1-8,16H,10H2. The van der Waals surface area contributed by atoms with Gasteiger partial charge in [-0.25, -0.2) is 0 Å². The summed E-state index contributed by atoms with van der Waals surface area (Å²) in [5.41, 5.74) is 3.30. The molecule has 0 fully saturated rings. The van der Waals surface area contributed by atoms with Gasteiger partial charge in [0.05, 0.1) is 18.2 Å². The van der Waals surface area contributed by atoms with E-state index in [1.165, 1.54) is 0 Å². The van der Waals surface area contributed by atoms with Crippen LogP contribution < -0.4 is 0 Å². The predicted molar refractivity (Wildman–Crippen MR) is 62.5 cm³/mol. The van der Waals surface area contributed by atoms with Crippen molar-refractivity contribution in [3.63, 3.8) is 0 Å². The molecule has 1 N–H and O–H groups in total. The highest BCUT2D eigenvalue weighted by Crippen LogP contribution is 2.22. The molecular formula is C14H11NO. The Kier molecular flexibility index (Phi) is 3.00. The SMILES string of the molecule is N#Cc1ccc(-c2ccccc2)cc1CO. The zero-order valence-electron chi connectivity index (χ0n) is 8.72. The first kappa shape index (κ1) is 10.4. The minimum Gasteiger partial charge on any atom is -0.392 e. The number of hydrogen-bond acceptors (Lipinski definition) is 2. The molecule has 0 aliphatic carbocycles. The van der Waals surface area contributed by atoms with Crippen LogP contribution in [0, 0.1) is 11.3 Å². The lowest BCUT2D eigenvalue weighted by Crippen LogP contribution is -1.90. The minimum atomic E-state index is -0.108. The van der Waals surface area contributed by atoms with Crippen LogP contribution >= 0.6 is 0 Å². The van der Waals surface area contributed by atoms with Gasteiger partial charge in [0, 0.05) is 0 Å². The van der Waals surface area contributed by atoms with Crippen LogP contribution in [0.2, 0.25) is 0 Å². The van der Waals surface area contributed by atoms with Gasteiger partial charge >= 0.3 is 0 Å². The highest BCUT2D eigenvalue weighted by Gasteiger charge is 2.03. The first-order valence-electron chi connectivity index (χ1n) is 5.04. The van der Waals surface area contributed by atoms with Gasteiger partial charge in [-0.15, -0.1) is 0 Å². The van der Waals surface area contributed by atoms with E-state index < -0.39 is 0 Å². The zero-order chi connectivity index (χ0) is 11.4. The van der Waals surface area contributed by atoms with E-state index in [0.29, 0.717) is 11.1 Å². The molecule has 0 spiro atoms. The first-order chi connectivity index (χ1) is 7.85. The summed E-state index contributed by atoms with van der Waals surface area (Å²) in [5, 5.41) is 18.0. The van der Waals surface area contributed by atoms with Crippen LogP contribution in [-0.4, -0.2) is 5.11 Å². The van der Waals surface area contributed by atoms with Gasteiger partial charge in [0.25, 0.3) is 0 Å². The van der Waals surface area contributed by atoms with Gasteiger partial charge < -0.3 is 5.11 Å². The normalized spacial score (nSPS) is 9.75. The molecule has 2 nitrogen and oxygen atoms in total. The third-order valence-corrected chi connectivity index (χ3v) is 2.50. The summed E-state index contributed by atoms with van der Waals surface area (Å²) >= 11 is 0. The molecule has 0 atom stereocenters. The lowest BCUT2D eigenvalue weighted by Gasteiger charge is -2.05. The molecule has 0 aliphatic heterocycles. The molecule has 0 aromatic heterocycles. The second kappa shape index (κ2) is 4.61. The summed E-state index contributed by atoms with van der Waals surface area (Å²) in [7, 11) is 0. The number of aliphatic hydroxyl groups is 1. The molecule has 0 radical (unpaired) electrons. The van der Waals surface area contributed by atoms with Crippen molar-refractivity contribution >= 4 is 0 Å². The van der Waals surface area contributed by atoms with Gasteiger partial charge in [-0.1, -0.05) is 36.4 Å². The van der Waals surface area contributed by atoms with E-state index in [9.17, 15) is 0 Å². The number of hydrogen-bond donors (Lipinski definition) is 1. The van der Waals surface area contributed by atoms with Crippen LogP contribution in [0.1, 0.15) is 11.1 Å². The average Bonchev–Trinajstić information content (AvgIpc) is 2.39. The molecular weight excluding hydrogens is 198 g/mol. The lowest BCUT2D eigenvalue weighted by atomic mass is 10.00. The summed E-state index contributed by atoms with van der Waals surface area (Å²) in [6, 6.07) is 17.5. The van der Waals surface area contributed by atoms with Crippen molar-refractivity contribution in [3.8, 4) is 17.2 Å². The molecule has 0 amide bonds. The molecule has 0 unspecified atom stereocenters. The number of aliphatic hydroxyl groups excluding tert-OH is 1. The van der Waals surface area contributed by atoms with Crippen molar-refractivity contribution in [2.45, 2.75) is 6.61 Å². The molecule has 0 saturated carbocycles. The van der Waals surface area contributed by atoms with Crippen LogP contribution in [0.25, 0.3) is 11.1 Å². The van der Waals surface area contributed by atoms with Crippen LogP contribution in [0.3, 0.4) is 0 Å². The molecule has 2 aromatic rings. The predicted octanol–water partition coefficient (Wildman–Crippen LogP) is 2.72. The van der Waals surface area contributed by atoms with Crippen molar-refractivity contribution in [3.05, 3.63) is 59.7 Å². The Morgan fingerprint density at radius 2 is 1.75 bits per heavy atom. The fourth-order valence-electron chi connectivity index (χ4n) is 1.64. The molecule has 2 rings (SSSR count). The summed E-state index contributed by atoms with van der Waals surface area (Å²) in [4.78, 5) is 0. The molecule has 2 heteroatoms. The van der Waals surface area contributed by atoms with Crippen LogP contribution in [0.5, 0.6) is 0 Å². The maximum absolute atomic E-state index is 9.17. The lowest BCUT2D eigenvalue weighted by molar-refractivity contribution is 0.281. The molecule has 2 aromatic carbocycles. The average molecular weight is 209 g/mol. The summed E-state index contributed by atoms with van der Waals surface area (Å²) in [6.45, 7) is -0.108. The van der Waals surface area contributed by atoms with Crippen molar-refractivity contribution in [1.82, 2.24) is 0 Å². The van der Waals surface area contributed by atoms with Crippen molar-refractivity contribution in [2.24, 2.45) is 0 Å². The highest BCUT2D eigenvalue weighted by atomic mass is 16.3. The van der Waals surface area contributed by atoms with Gasteiger partial charge in [-0.05, 0) is 28.8 Å². The molecule has 0 heterocycles. The fourth-order valence-corrected chi connectivity index (χ4v) is 1.64. The van der Waals surface area contributed by atoms with Gasteiger partial charge in [0.15, 0.2) is 0 Å².